The van der Waals surface area contributed by atoms with Gasteiger partial charge in [-0.2, -0.15) is 0 Å². The number of hydrogen-bond acceptors (Lipinski definition) is 4. The van der Waals surface area contributed by atoms with E-state index >= 15 is 0 Å². The van der Waals surface area contributed by atoms with Crippen molar-refractivity contribution < 1.29 is 4.74 Å². The lowest BCUT2D eigenvalue weighted by Gasteiger charge is -2.21. The molecular formula is C9H17N3O. The minimum absolute atomic E-state index is 0.00877. The van der Waals surface area contributed by atoms with E-state index in [1.165, 1.54) is 6.42 Å². The van der Waals surface area contributed by atoms with Crippen LogP contribution < -0.4 is 5.73 Å². The first-order valence-electron chi connectivity index (χ1n) is 4.87. The number of rotatable bonds is 0. The average Bonchev–Trinajstić information content (AvgIpc) is 2.35. The number of likely N-dealkylation sites (tertiary alicyclic amines) is 1. The monoisotopic (exact) mass is 183 g/mol. The molecular weight excluding hydrogens is 166 g/mol. The molecule has 0 aromatic carbocycles. The van der Waals surface area contributed by atoms with E-state index < -0.39 is 0 Å². The summed E-state index contributed by atoms with van der Waals surface area (Å²) >= 11 is 0. The number of nitrogens with zero attached hydrogens (tertiary/aromatic N) is 2. The van der Waals surface area contributed by atoms with Crippen molar-refractivity contribution in [3.8, 4) is 0 Å². The predicted molar refractivity (Wildman–Crippen MR) is 51.7 cm³/mol. The number of aliphatic imine (C=N–C) groups is 1. The molecule has 1 saturated heterocycles. The van der Waals surface area contributed by atoms with Gasteiger partial charge in [0, 0.05) is 6.54 Å². The summed E-state index contributed by atoms with van der Waals surface area (Å²) in [5, 5.41) is 0. The zero-order chi connectivity index (χ0) is 9.31. The van der Waals surface area contributed by atoms with Crippen LogP contribution in [-0.2, 0) is 4.74 Å². The molecule has 2 aliphatic rings. The molecule has 2 N–H and O–H groups in total. The van der Waals surface area contributed by atoms with Gasteiger partial charge in [0.1, 0.15) is 12.1 Å². The number of ether oxygens (including phenoxy) is 1. The van der Waals surface area contributed by atoms with Crippen molar-refractivity contribution in [2.75, 3.05) is 26.7 Å². The molecule has 2 rings (SSSR count). The van der Waals surface area contributed by atoms with Gasteiger partial charge < -0.3 is 15.4 Å². The Morgan fingerprint density at radius 2 is 2.31 bits per heavy atom. The van der Waals surface area contributed by atoms with Gasteiger partial charge in [0.05, 0.1) is 0 Å². The van der Waals surface area contributed by atoms with Crippen molar-refractivity contribution in [3.05, 3.63) is 0 Å². The van der Waals surface area contributed by atoms with E-state index in [9.17, 15) is 0 Å². The number of hydrogen-bond donors (Lipinski definition) is 1. The molecule has 4 heteroatoms. The van der Waals surface area contributed by atoms with Gasteiger partial charge in [-0.25, -0.2) is 4.99 Å². The van der Waals surface area contributed by atoms with Crippen LogP contribution in [0.1, 0.15) is 19.3 Å². The van der Waals surface area contributed by atoms with E-state index in [0.29, 0.717) is 12.6 Å². The molecule has 1 unspecified atom stereocenters. The molecule has 0 saturated carbocycles. The van der Waals surface area contributed by atoms with Crippen LogP contribution in [0, 0.1) is 0 Å². The van der Waals surface area contributed by atoms with Crippen LogP contribution in [0.2, 0.25) is 0 Å². The quantitative estimate of drug-likeness (QED) is 0.583. The van der Waals surface area contributed by atoms with Crippen LogP contribution in [0.5, 0.6) is 0 Å². The molecule has 0 aromatic heterocycles. The summed E-state index contributed by atoms with van der Waals surface area (Å²) in [5.74, 6) is 0. The lowest BCUT2D eigenvalue weighted by atomic mass is 9.93. The molecule has 2 heterocycles. The van der Waals surface area contributed by atoms with Gasteiger partial charge in [-0.1, -0.05) is 0 Å². The summed E-state index contributed by atoms with van der Waals surface area (Å²) in [6.45, 7) is 2.95. The van der Waals surface area contributed by atoms with Gasteiger partial charge in [-0.15, -0.1) is 0 Å². The van der Waals surface area contributed by atoms with Crippen LogP contribution >= 0.6 is 0 Å². The normalized spacial score (nSPS) is 35.6. The molecule has 4 nitrogen and oxygen atoms in total. The fraction of sp³-hybridized carbons (Fsp3) is 0.889. The zero-order valence-electron chi connectivity index (χ0n) is 8.12. The highest BCUT2D eigenvalue weighted by molar-refractivity contribution is 5.73. The Morgan fingerprint density at radius 1 is 1.46 bits per heavy atom. The SMILES string of the molecule is CN1CCCC2(CC1)COC(N)=N2. The first kappa shape index (κ1) is 8.81. The summed E-state index contributed by atoms with van der Waals surface area (Å²) in [7, 11) is 2.15. The largest absolute Gasteiger partial charge is 0.463 e. The van der Waals surface area contributed by atoms with Crippen molar-refractivity contribution in [2.24, 2.45) is 10.7 Å². The highest BCUT2D eigenvalue weighted by Crippen LogP contribution is 2.29. The molecule has 0 radical (unpaired) electrons. The fourth-order valence-electron chi connectivity index (χ4n) is 2.08. The Balaban J connectivity index is 2.06. The molecule has 2 aliphatic heterocycles. The second kappa shape index (κ2) is 3.18. The Labute approximate surface area is 78.8 Å². The molecule has 0 amide bonds. The zero-order valence-corrected chi connectivity index (χ0v) is 8.12. The third kappa shape index (κ3) is 1.77. The molecule has 1 spiro atoms. The minimum Gasteiger partial charge on any atom is -0.463 e. The minimum atomic E-state index is 0.00877. The number of nitrogens with two attached hydrogens (primary N) is 1. The number of amidine groups is 1. The van der Waals surface area contributed by atoms with Crippen LogP contribution in [0.3, 0.4) is 0 Å². The van der Waals surface area contributed by atoms with Crippen LogP contribution in [0.4, 0.5) is 0 Å². The lowest BCUT2D eigenvalue weighted by molar-refractivity contribution is 0.232. The standard InChI is InChI=1S/C9H17N3O/c1-12-5-2-3-9(4-6-12)7-13-8(10)11-9/h2-7H2,1H3,(H2,10,11). The molecule has 0 aliphatic carbocycles. The van der Waals surface area contributed by atoms with Gasteiger partial charge in [-0.05, 0) is 32.9 Å². The first-order chi connectivity index (χ1) is 6.20. The lowest BCUT2D eigenvalue weighted by Crippen LogP contribution is -2.29. The maximum Gasteiger partial charge on any atom is 0.282 e. The van der Waals surface area contributed by atoms with Crippen molar-refractivity contribution in [2.45, 2.75) is 24.8 Å². The van der Waals surface area contributed by atoms with E-state index in [-0.39, 0.29) is 5.54 Å². The molecule has 1 fully saturated rings. The summed E-state index contributed by atoms with van der Waals surface area (Å²) in [6, 6.07) is 0.379. The summed E-state index contributed by atoms with van der Waals surface area (Å²) in [5.41, 5.74) is 5.55. The smallest absolute Gasteiger partial charge is 0.282 e. The Kier molecular flexibility index (Phi) is 2.15. The van der Waals surface area contributed by atoms with Gasteiger partial charge in [0.25, 0.3) is 6.02 Å². The van der Waals surface area contributed by atoms with Crippen LogP contribution in [0.15, 0.2) is 4.99 Å². The third-order valence-corrected chi connectivity index (χ3v) is 2.98. The van der Waals surface area contributed by atoms with Crippen molar-refractivity contribution in [1.29, 1.82) is 0 Å². The van der Waals surface area contributed by atoms with Gasteiger partial charge in [-0.3, -0.25) is 0 Å². The van der Waals surface area contributed by atoms with Gasteiger partial charge in [0.15, 0.2) is 0 Å². The van der Waals surface area contributed by atoms with Crippen LogP contribution in [-0.4, -0.2) is 43.2 Å². The molecule has 0 aromatic rings. The predicted octanol–water partition coefficient (Wildman–Crippen LogP) is 0.186. The van der Waals surface area contributed by atoms with Crippen molar-refractivity contribution in [1.82, 2.24) is 4.90 Å². The van der Waals surface area contributed by atoms with E-state index in [0.717, 1.165) is 25.9 Å². The van der Waals surface area contributed by atoms with E-state index in [1.54, 1.807) is 0 Å². The summed E-state index contributed by atoms with van der Waals surface area (Å²) in [4.78, 5) is 6.77. The highest BCUT2D eigenvalue weighted by atomic mass is 16.5. The first-order valence-corrected chi connectivity index (χ1v) is 4.87. The van der Waals surface area contributed by atoms with Gasteiger partial charge >= 0.3 is 0 Å². The van der Waals surface area contributed by atoms with E-state index in [1.807, 2.05) is 0 Å². The van der Waals surface area contributed by atoms with E-state index in [4.69, 9.17) is 10.5 Å². The topological polar surface area (TPSA) is 50.9 Å². The van der Waals surface area contributed by atoms with Crippen molar-refractivity contribution in [3.63, 3.8) is 0 Å². The Morgan fingerprint density at radius 3 is 3.00 bits per heavy atom. The van der Waals surface area contributed by atoms with Crippen molar-refractivity contribution >= 4 is 6.02 Å². The van der Waals surface area contributed by atoms with E-state index in [2.05, 4.69) is 16.9 Å². The fourth-order valence-corrected chi connectivity index (χ4v) is 2.08. The second-order valence-corrected chi connectivity index (χ2v) is 4.12. The summed E-state index contributed by atoms with van der Waals surface area (Å²) < 4.78 is 5.25. The molecule has 1 atom stereocenters. The Hall–Kier alpha value is -0.770. The maximum atomic E-state index is 5.54. The molecule has 0 bridgehead atoms. The second-order valence-electron chi connectivity index (χ2n) is 4.12. The highest BCUT2D eigenvalue weighted by Gasteiger charge is 2.36. The Bertz CT molecular complexity index is 229. The average molecular weight is 183 g/mol. The van der Waals surface area contributed by atoms with Crippen LogP contribution in [0.25, 0.3) is 0 Å². The maximum absolute atomic E-state index is 5.54. The van der Waals surface area contributed by atoms with Gasteiger partial charge in [0.2, 0.25) is 0 Å². The molecule has 13 heavy (non-hydrogen) atoms. The molecule has 74 valence electrons. The summed E-state index contributed by atoms with van der Waals surface area (Å²) in [6.07, 6.45) is 3.37. The third-order valence-electron chi connectivity index (χ3n) is 2.98.